The second-order valence-corrected chi connectivity index (χ2v) is 5.81. The summed E-state index contributed by atoms with van der Waals surface area (Å²) < 4.78 is 31.1. The molecule has 0 saturated carbocycles. The Hall–Kier alpha value is -2.51. The van der Waals surface area contributed by atoms with E-state index in [1.807, 2.05) is 0 Å². The molecule has 6 nitrogen and oxygen atoms in total. The summed E-state index contributed by atoms with van der Waals surface area (Å²) in [6, 6.07) is 2.84. The summed E-state index contributed by atoms with van der Waals surface area (Å²) in [6.07, 6.45) is 0.987. The zero-order valence-electron chi connectivity index (χ0n) is 13.9. The number of rotatable bonds is 5. The standard InChI is InChI=1S/C17H20F2N2O4/c1-25-15(22)4-7-20-16(23)11-5-8-21(9-6-11)17(24)13-3-2-12(18)10-14(13)19/h2-3,10-11H,4-9H2,1H3,(H,20,23). The molecule has 1 fully saturated rings. The smallest absolute Gasteiger partial charge is 0.307 e. The van der Waals surface area contributed by atoms with Gasteiger partial charge in [-0.05, 0) is 25.0 Å². The molecule has 1 aliphatic rings. The van der Waals surface area contributed by atoms with E-state index < -0.39 is 23.5 Å². The lowest BCUT2D eigenvalue weighted by molar-refractivity contribution is -0.140. The van der Waals surface area contributed by atoms with E-state index in [1.165, 1.54) is 12.0 Å². The number of piperidine rings is 1. The van der Waals surface area contributed by atoms with Gasteiger partial charge in [0, 0.05) is 31.6 Å². The van der Waals surface area contributed by atoms with Crippen molar-refractivity contribution in [2.24, 2.45) is 5.92 Å². The van der Waals surface area contributed by atoms with Crippen molar-refractivity contribution in [1.82, 2.24) is 10.2 Å². The fraction of sp³-hybridized carbons (Fsp3) is 0.471. The fourth-order valence-electron chi connectivity index (χ4n) is 2.71. The minimum Gasteiger partial charge on any atom is -0.469 e. The van der Waals surface area contributed by atoms with Gasteiger partial charge in [-0.1, -0.05) is 0 Å². The van der Waals surface area contributed by atoms with Crippen LogP contribution >= 0.6 is 0 Å². The molecule has 25 heavy (non-hydrogen) atoms. The van der Waals surface area contributed by atoms with Crippen molar-refractivity contribution in [1.29, 1.82) is 0 Å². The Bertz CT molecular complexity index is 658. The highest BCUT2D eigenvalue weighted by atomic mass is 19.1. The summed E-state index contributed by atoms with van der Waals surface area (Å²) in [6.45, 7) is 0.820. The van der Waals surface area contributed by atoms with Crippen LogP contribution in [-0.2, 0) is 14.3 Å². The van der Waals surface area contributed by atoms with Crippen LogP contribution in [0.1, 0.15) is 29.6 Å². The predicted molar refractivity (Wildman–Crippen MR) is 84.6 cm³/mol. The number of halogens is 2. The van der Waals surface area contributed by atoms with Gasteiger partial charge in [0.2, 0.25) is 5.91 Å². The molecule has 1 aliphatic heterocycles. The highest BCUT2D eigenvalue weighted by Gasteiger charge is 2.28. The number of hydrogen-bond donors (Lipinski definition) is 1. The SMILES string of the molecule is COC(=O)CCNC(=O)C1CCN(C(=O)c2ccc(F)cc2F)CC1. The van der Waals surface area contributed by atoms with E-state index in [1.54, 1.807) is 0 Å². The first kappa shape index (κ1) is 18.8. The van der Waals surface area contributed by atoms with Gasteiger partial charge in [0.1, 0.15) is 11.6 Å². The maximum absolute atomic E-state index is 13.7. The third kappa shape index (κ3) is 4.98. The molecule has 2 rings (SSSR count). The molecule has 0 spiro atoms. The van der Waals surface area contributed by atoms with Crippen molar-refractivity contribution in [3.63, 3.8) is 0 Å². The fourth-order valence-corrected chi connectivity index (χ4v) is 2.71. The molecule has 0 aromatic heterocycles. The first-order chi connectivity index (χ1) is 11.9. The summed E-state index contributed by atoms with van der Waals surface area (Å²) in [5.74, 6) is -2.99. The lowest BCUT2D eigenvalue weighted by atomic mass is 9.95. The Balaban J connectivity index is 1.83. The van der Waals surface area contributed by atoms with Crippen LogP contribution in [0.15, 0.2) is 18.2 Å². The van der Waals surface area contributed by atoms with Crippen LogP contribution in [0.3, 0.4) is 0 Å². The van der Waals surface area contributed by atoms with Gasteiger partial charge in [-0.15, -0.1) is 0 Å². The summed E-state index contributed by atoms with van der Waals surface area (Å²) in [7, 11) is 1.28. The van der Waals surface area contributed by atoms with Gasteiger partial charge in [-0.25, -0.2) is 8.78 Å². The summed E-state index contributed by atoms with van der Waals surface area (Å²) in [5.41, 5.74) is -0.178. The van der Waals surface area contributed by atoms with Crippen molar-refractivity contribution in [2.75, 3.05) is 26.7 Å². The Morgan fingerprint density at radius 3 is 2.52 bits per heavy atom. The first-order valence-corrected chi connectivity index (χ1v) is 8.01. The number of nitrogens with zero attached hydrogens (tertiary/aromatic N) is 1. The number of hydrogen-bond acceptors (Lipinski definition) is 4. The highest BCUT2D eigenvalue weighted by molar-refractivity contribution is 5.94. The molecule has 0 atom stereocenters. The second kappa shape index (κ2) is 8.55. The molecule has 0 aliphatic carbocycles. The van der Waals surface area contributed by atoms with Crippen molar-refractivity contribution < 1.29 is 27.9 Å². The number of carbonyl (C=O) groups excluding carboxylic acids is 3. The monoisotopic (exact) mass is 354 g/mol. The van der Waals surface area contributed by atoms with Gasteiger partial charge in [-0.2, -0.15) is 0 Å². The number of likely N-dealkylation sites (tertiary alicyclic amines) is 1. The molecule has 8 heteroatoms. The molecule has 0 unspecified atom stereocenters. The van der Waals surface area contributed by atoms with Crippen LogP contribution in [-0.4, -0.2) is 49.4 Å². The van der Waals surface area contributed by atoms with E-state index in [-0.39, 0.29) is 30.4 Å². The van der Waals surface area contributed by atoms with Crippen LogP contribution in [0.4, 0.5) is 8.78 Å². The molecule has 2 amide bonds. The topological polar surface area (TPSA) is 75.7 Å². The van der Waals surface area contributed by atoms with Crippen molar-refractivity contribution in [3.8, 4) is 0 Å². The van der Waals surface area contributed by atoms with E-state index >= 15 is 0 Å². The maximum atomic E-state index is 13.7. The van der Waals surface area contributed by atoms with Crippen molar-refractivity contribution in [2.45, 2.75) is 19.3 Å². The number of carbonyl (C=O) groups is 3. The maximum Gasteiger partial charge on any atom is 0.307 e. The Morgan fingerprint density at radius 2 is 1.92 bits per heavy atom. The molecule has 1 saturated heterocycles. The minimum absolute atomic E-state index is 0.101. The van der Waals surface area contributed by atoms with Crippen LogP contribution in [0.5, 0.6) is 0 Å². The van der Waals surface area contributed by atoms with Crippen LogP contribution < -0.4 is 5.32 Å². The number of ether oxygens (including phenoxy) is 1. The van der Waals surface area contributed by atoms with Gasteiger partial charge in [0.05, 0.1) is 19.1 Å². The van der Waals surface area contributed by atoms with E-state index in [4.69, 9.17) is 0 Å². The largest absolute Gasteiger partial charge is 0.469 e. The van der Waals surface area contributed by atoms with Crippen LogP contribution in [0.2, 0.25) is 0 Å². The molecular formula is C17H20F2N2O4. The lowest BCUT2D eigenvalue weighted by Gasteiger charge is -2.31. The molecule has 1 N–H and O–H groups in total. The number of nitrogens with one attached hydrogen (secondary N) is 1. The molecule has 136 valence electrons. The van der Waals surface area contributed by atoms with E-state index in [0.29, 0.717) is 32.0 Å². The third-order valence-electron chi connectivity index (χ3n) is 4.17. The third-order valence-corrected chi connectivity index (χ3v) is 4.17. The first-order valence-electron chi connectivity index (χ1n) is 8.01. The van der Waals surface area contributed by atoms with E-state index in [9.17, 15) is 23.2 Å². The molecule has 1 aromatic rings. The summed E-state index contributed by atoms with van der Waals surface area (Å²) in [4.78, 5) is 36.8. The van der Waals surface area contributed by atoms with Crippen LogP contribution in [0.25, 0.3) is 0 Å². The van der Waals surface area contributed by atoms with Crippen LogP contribution in [0, 0.1) is 17.6 Å². The van der Waals surface area contributed by atoms with Gasteiger partial charge in [0.25, 0.3) is 5.91 Å². The summed E-state index contributed by atoms with van der Waals surface area (Å²) in [5, 5.41) is 2.66. The van der Waals surface area contributed by atoms with Gasteiger partial charge >= 0.3 is 5.97 Å². The van der Waals surface area contributed by atoms with Gasteiger partial charge in [0.15, 0.2) is 0 Å². The zero-order chi connectivity index (χ0) is 18.4. The van der Waals surface area contributed by atoms with Gasteiger partial charge < -0.3 is 15.0 Å². The lowest BCUT2D eigenvalue weighted by Crippen LogP contribution is -2.43. The van der Waals surface area contributed by atoms with Crippen molar-refractivity contribution in [3.05, 3.63) is 35.4 Å². The van der Waals surface area contributed by atoms with Crippen molar-refractivity contribution >= 4 is 17.8 Å². The summed E-state index contributed by atoms with van der Waals surface area (Å²) >= 11 is 0. The number of methoxy groups -OCH3 is 1. The Labute approximate surface area is 144 Å². The Kier molecular flexibility index (Phi) is 6.44. The van der Waals surface area contributed by atoms with Gasteiger partial charge in [-0.3, -0.25) is 14.4 Å². The number of amides is 2. The molecule has 0 bridgehead atoms. The highest BCUT2D eigenvalue weighted by Crippen LogP contribution is 2.20. The minimum atomic E-state index is -0.896. The molecular weight excluding hydrogens is 334 g/mol. The zero-order valence-corrected chi connectivity index (χ0v) is 13.9. The van der Waals surface area contributed by atoms with E-state index in [0.717, 1.165) is 12.1 Å². The average Bonchev–Trinajstić information content (AvgIpc) is 2.61. The normalized spacial score (nSPS) is 14.9. The molecule has 1 aromatic carbocycles. The number of benzene rings is 1. The molecule has 0 radical (unpaired) electrons. The second-order valence-electron chi connectivity index (χ2n) is 5.81. The number of esters is 1. The predicted octanol–water partition coefficient (Wildman–Crippen LogP) is 1.50. The quantitative estimate of drug-likeness (QED) is 0.813. The molecule has 1 heterocycles. The Morgan fingerprint density at radius 1 is 1.24 bits per heavy atom. The van der Waals surface area contributed by atoms with E-state index in [2.05, 4.69) is 10.1 Å². The average molecular weight is 354 g/mol.